The van der Waals surface area contributed by atoms with Crippen molar-refractivity contribution in [3.05, 3.63) is 47.3 Å². The van der Waals surface area contributed by atoms with E-state index >= 15 is 0 Å². The van der Waals surface area contributed by atoms with E-state index < -0.39 is 0 Å². The van der Waals surface area contributed by atoms with Crippen LogP contribution in [0.25, 0.3) is 0 Å². The first-order chi connectivity index (χ1) is 8.20. The van der Waals surface area contributed by atoms with Gasteiger partial charge in [0.1, 0.15) is 5.82 Å². The number of pyridine rings is 1. The zero-order chi connectivity index (χ0) is 12.3. The van der Waals surface area contributed by atoms with Gasteiger partial charge in [0, 0.05) is 31.6 Å². The van der Waals surface area contributed by atoms with E-state index in [2.05, 4.69) is 21.5 Å². The third-order valence-corrected chi connectivity index (χ3v) is 2.90. The summed E-state index contributed by atoms with van der Waals surface area (Å²) >= 11 is 5.79. The molecule has 2 rings (SSSR count). The van der Waals surface area contributed by atoms with Crippen LogP contribution in [0.4, 0.5) is 0 Å². The van der Waals surface area contributed by atoms with Gasteiger partial charge in [0.2, 0.25) is 0 Å². The van der Waals surface area contributed by atoms with Gasteiger partial charge in [-0.15, -0.1) is 0 Å². The maximum Gasteiger partial charge on any atom is 0.110 e. The van der Waals surface area contributed by atoms with Crippen molar-refractivity contribution in [3.8, 4) is 0 Å². The average molecular weight is 251 g/mol. The smallest absolute Gasteiger partial charge is 0.110 e. The zero-order valence-electron chi connectivity index (χ0n) is 9.68. The third kappa shape index (κ3) is 2.84. The first-order valence-electron chi connectivity index (χ1n) is 5.57. The Morgan fingerprint density at radius 2 is 2.24 bits per heavy atom. The molecule has 1 atom stereocenters. The van der Waals surface area contributed by atoms with E-state index in [9.17, 15) is 0 Å². The van der Waals surface area contributed by atoms with Crippen molar-refractivity contribution in [1.29, 1.82) is 0 Å². The topological polar surface area (TPSA) is 56.7 Å². The molecule has 2 aromatic rings. The van der Waals surface area contributed by atoms with Crippen molar-refractivity contribution in [2.45, 2.75) is 25.9 Å². The predicted molar refractivity (Wildman–Crippen MR) is 67.8 cm³/mol. The number of halogens is 1. The summed E-state index contributed by atoms with van der Waals surface area (Å²) in [7, 11) is 0. The van der Waals surface area contributed by atoms with Crippen molar-refractivity contribution in [2.75, 3.05) is 0 Å². The van der Waals surface area contributed by atoms with Crippen LogP contribution in [0.1, 0.15) is 24.5 Å². The number of hydrogen-bond donors (Lipinski definition) is 1. The fourth-order valence-electron chi connectivity index (χ4n) is 1.73. The predicted octanol–water partition coefficient (Wildman–Crippen LogP) is 2.19. The van der Waals surface area contributed by atoms with Crippen molar-refractivity contribution >= 4 is 11.6 Å². The Morgan fingerprint density at radius 1 is 1.41 bits per heavy atom. The molecule has 0 aromatic carbocycles. The molecule has 1 unspecified atom stereocenters. The lowest BCUT2D eigenvalue weighted by Crippen LogP contribution is -2.17. The number of nitrogens with zero attached hydrogens (tertiary/aromatic N) is 3. The number of nitrogens with two attached hydrogens (primary N) is 1. The van der Waals surface area contributed by atoms with Crippen LogP contribution < -0.4 is 5.73 Å². The van der Waals surface area contributed by atoms with Crippen LogP contribution in [0.3, 0.4) is 0 Å². The van der Waals surface area contributed by atoms with Gasteiger partial charge in [-0.3, -0.25) is 4.98 Å². The number of rotatable bonds is 4. The van der Waals surface area contributed by atoms with E-state index in [1.165, 1.54) is 0 Å². The van der Waals surface area contributed by atoms with Crippen molar-refractivity contribution in [1.82, 2.24) is 14.5 Å². The van der Waals surface area contributed by atoms with Crippen LogP contribution in [-0.4, -0.2) is 14.5 Å². The molecule has 0 aliphatic rings. The fraction of sp³-hybridized carbons (Fsp3) is 0.333. The number of imidazole rings is 1. The van der Waals surface area contributed by atoms with Gasteiger partial charge in [0.25, 0.3) is 0 Å². The number of aromatic nitrogens is 3. The van der Waals surface area contributed by atoms with Crippen molar-refractivity contribution in [3.63, 3.8) is 0 Å². The lowest BCUT2D eigenvalue weighted by Gasteiger charge is -2.11. The van der Waals surface area contributed by atoms with E-state index in [0.29, 0.717) is 11.4 Å². The molecule has 0 radical (unpaired) electrons. The van der Waals surface area contributed by atoms with E-state index in [0.717, 1.165) is 18.1 Å². The van der Waals surface area contributed by atoms with E-state index in [-0.39, 0.29) is 6.04 Å². The van der Waals surface area contributed by atoms with Gasteiger partial charge < -0.3 is 10.3 Å². The Bertz CT molecular complexity index is 478. The van der Waals surface area contributed by atoms with E-state index in [1.54, 1.807) is 18.5 Å². The molecule has 0 saturated heterocycles. The Kier molecular flexibility index (Phi) is 3.76. The minimum absolute atomic E-state index is 0.153. The summed E-state index contributed by atoms with van der Waals surface area (Å²) in [4.78, 5) is 8.52. The SMILES string of the molecule is CCn1ccnc1CC(N)c1ccc(Cl)cn1. The lowest BCUT2D eigenvalue weighted by molar-refractivity contribution is 0.617. The van der Waals surface area contributed by atoms with Gasteiger partial charge in [-0.25, -0.2) is 4.98 Å². The summed E-state index contributed by atoms with van der Waals surface area (Å²) in [6.07, 6.45) is 6.04. The molecule has 2 heterocycles. The molecule has 0 bridgehead atoms. The average Bonchev–Trinajstić information content (AvgIpc) is 2.77. The van der Waals surface area contributed by atoms with E-state index in [4.69, 9.17) is 17.3 Å². The van der Waals surface area contributed by atoms with Crippen molar-refractivity contribution in [2.24, 2.45) is 5.73 Å². The molecule has 0 fully saturated rings. The van der Waals surface area contributed by atoms with Gasteiger partial charge in [0.15, 0.2) is 0 Å². The lowest BCUT2D eigenvalue weighted by atomic mass is 10.1. The first kappa shape index (κ1) is 12.1. The standard InChI is InChI=1S/C12H15ClN4/c1-2-17-6-5-15-12(17)7-10(14)11-4-3-9(13)8-16-11/h3-6,8,10H,2,7,14H2,1H3. The number of hydrogen-bond acceptors (Lipinski definition) is 3. The summed E-state index contributed by atoms with van der Waals surface area (Å²) in [6, 6.07) is 3.50. The van der Waals surface area contributed by atoms with Crippen LogP contribution in [0.15, 0.2) is 30.7 Å². The van der Waals surface area contributed by atoms with Crippen LogP contribution >= 0.6 is 11.6 Å². The highest BCUT2D eigenvalue weighted by atomic mass is 35.5. The Labute approximate surface area is 105 Å². The highest BCUT2D eigenvalue weighted by Crippen LogP contribution is 2.15. The molecule has 17 heavy (non-hydrogen) atoms. The molecular formula is C12H15ClN4. The third-order valence-electron chi connectivity index (χ3n) is 2.68. The van der Waals surface area contributed by atoms with E-state index in [1.807, 2.05) is 12.3 Å². The van der Waals surface area contributed by atoms with Gasteiger partial charge in [-0.05, 0) is 19.1 Å². The summed E-state index contributed by atoms with van der Waals surface area (Å²) < 4.78 is 2.08. The summed E-state index contributed by atoms with van der Waals surface area (Å²) in [5.41, 5.74) is 6.93. The van der Waals surface area contributed by atoms with Crippen LogP contribution in [-0.2, 0) is 13.0 Å². The van der Waals surface area contributed by atoms with Gasteiger partial charge in [0.05, 0.1) is 16.8 Å². The van der Waals surface area contributed by atoms with Gasteiger partial charge in [-0.1, -0.05) is 11.6 Å². The Morgan fingerprint density at radius 3 is 2.88 bits per heavy atom. The molecule has 5 heteroatoms. The molecule has 4 nitrogen and oxygen atoms in total. The summed E-state index contributed by atoms with van der Waals surface area (Å²) in [5, 5.41) is 0.621. The maximum absolute atomic E-state index is 6.10. The summed E-state index contributed by atoms with van der Waals surface area (Å²) in [5.74, 6) is 0.983. The molecule has 0 spiro atoms. The molecule has 0 aliphatic carbocycles. The monoisotopic (exact) mass is 250 g/mol. The molecule has 0 aliphatic heterocycles. The van der Waals surface area contributed by atoms with Crippen molar-refractivity contribution < 1.29 is 0 Å². The molecule has 90 valence electrons. The van der Waals surface area contributed by atoms with Crippen LogP contribution in [0.2, 0.25) is 5.02 Å². The molecular weight excluding hydrogens is 236 g/mol. The zero-order valence-corrected chi connectivity index (χ0v) is 10.4. The quantitative estimate of drug-likeness (QED) is 0.905. The minimum Gasteiger partial charge on any atom is -0.335 e. The Hall–Kier alpha value is -1.39. The number of aryl methyl sites for hydroxylation is 1. The Balaban J connectivity index is 2.11. The first-order valence-corrected chi connectivity index (χ1v) is 5.95. The van der Waals surface area contributed by atoms with Crippen LogP contribution in [0.5, 0.6) is 0 Å². The molecule has 0 amide bonds. The minimum atomic E-state index is -0.153. The summed E-state index contributed by atoms with van der Waals surface area (Å²) in [6.45, 7) is 2.98. The normalized spacial score (nSPS) is 12.6. The van der Waals surface area contributed by atoms with Crippen LogP contribution in [0, 0.1) is 0 Å². The highest BCUT2D eigenvalue weighted by molar-refractivity contribution is 6.30. The molecule has 2 aromatic heterocycles. The fourth-order valence-corrected chi connectivity index (χ4v) is 1.84. The highest BCUT2D eigenvalue weighted by Gasteiger charge is 2.11. The largest absolute Gasteiger partial charge is 0.335 e. The second-order valence-electron chi connectivity index (χ2n) is 3.84. The second-order valence-corrected chi connectivity index (χ2v) is 4.28. The molecule has 2 N–H and O–H groups in total. The maximum atomic E-state index is 6.10. The van der Waals surface area contributed by atoms with Gasteiger partial charge in [-0.2, -0.15) is 0 Å². The molecule has 0 saturated carbocycles. The second kappa shape index (κ2) is 5.29. The van der Waals surface area contributed by atoms with Gasteiger partial charge >= 0.3 is 0 Å².